The lowest BCUT2D eigenvalue weighted by Gasteiger charge is -2.16. The van der Waals surface area contributed by atoms with E-state index in [9.17, 15) is 9.59 Å². The topological polar surface area (TPSA) is 55.4 Å². The Labute approximate surface area is 107 Å². The van der Waals surface area contributed by atoms with Gasteiger partial charge in [-0.05, 0) is 41.7 Å². The van der Waals surface area contributed by atoms with Gasteiger partial charge in [-0.15, -0.1) is 0 Å². The van der Waals surface area contributed by atoms with Crippen LogP contribution in [0.25, 0.3) is 0 Å². The predicted octanol–water partition coefficient (Wildman–Crippen LogP) is 1.94. The molecule has 4 heteroatoms. The molecular formula is C14H19NO3. The van der Waals surface area contributed by atoms with Crippen molar-refractivity contribution in [3.8, 4) is 5.75 Å². The zero-order valence-electron chi connectivity index (χ0n) is 11.2. The van der Waals surface area contributed by atoms with Crippen molar-refractivity contribution in [2.45, 2.75) is 33.2 Å². The quantitative estimate of drug-likeness (QED) is 0.641. The molecule has 0 aromatic heterocycles. The van der Waals surface area contributed by atoms with Crippen molar-refractivity contribution in [3.05, 3.63) is 28.8 Å². The van der Waals surface area contributed by atoms with Crippen LogP contribution in [0.5, 0.6) is 5.75 Å². The molecule has 0 atom stereocenters. The third-order valence-corrected chi connectivity index (χ3v) is 2.87. The molecule has 0 aliphatic carbocycles. The summed E-state index contributed by atoms with van der Waals surface area (Å²) in [5.41, 5.74) is 3.12. The average Bonchev–Trinajstić information content (AvgIpc) is 2.35. The summed E-state index contributed by atoms with van der Waals surface area (Å²) in [6.07, 6.45) is 0.280. The number of carbonyl (C=O) groups is 2. The summed E-state index contributed by atoms with van der Waals surface area (Å²) >= 11 is 0. The van der Waals surface area contributed by atoms with Gasteiger partial charge < -0.3 is 10.1 Å². The second kappa shape index (κ2) is 6.19. The molecule has 0 bridgehead atoms. The molecule has 0 heterocycles. The third-order valence-electron chi connectivity index (χ3n) is 2.87. The SMILES string of the molecule is COc1cc(C)c(CNC(=O)C=O)cc1C(C)C. The summed E-state index contributed by atoms with van der Waals surface area (Å²) in [5, 5.41) is 2.55. The number of nitrogens with one attached hydrogen (secondary N) is 1. The highest BCUT2D eigenvalue weighted by atomic mass is 16.5. The molecule has 1 amide bonds. The Morgan fingerprint density at radius 3 is 2.61 bits per heavy atom. The molecule has 0 aliphatic heterocycles. The van der Waals surface area contributed by atoms with Gasteiger partial charge >= 0.3 is 0 Å². The Kier molecular flexibility index (Phi) is 4.89. The van der Waals surface area contributed by atoms with Gasteiger partial charge in [0.1, 0.15) is 5.75 Å². The molecule has 0 spiro atoms. The number of aryl methyl sites for hydroxylation is 1. The Bertz CT molecular complexity index is 453. The van der Waals surface area contributed by atoms with Crippen LogP contribution in [0.1, 0.15) is 36.5 Å². The van der Waals surface area contributed by atoms with Crippen molar-refractivity contribution < 1.29 is 14.3 Å². The second-order valence-electron chi connectivity index (χ2n) is 4.51. The molecule has 0 saturated carbocycles. The standard InChI is InChI=1S/C14H19NO3/c1-9(2)12-6-11(7-15-14(17)8-16)10(3)5-13(12)18-4/h5-6,8-9H,7H2,1-4H3,(H,15,17). The second-order valence-corrected chi connectivity index (χ2v) is 4.51. The van der Waals surface area contributed by atoms with Gasteiger partial charge in [-0.1, -0.05) is 13.8 Å². The summed E-state index contributed by atoms with van der Waals surface area (Å²) in [6.45, 7) is 6.48. The monoisotopic (exact) mass is 249 g/mol. The molecule has 0 fully saturated rings. The number of methoxy groups -OCH3 is 1. The average molecular weight is 249 g/mol. The minimum atomic E-state index is -0.601. The van der Waals surface area contributed by atoms with Crippen LogP contribution < -0.4 is 10.1 Å². The van der Waals surface area contributed by atoms with Crippen LogP contribution in [0.15, 0.2) is 12.1 Å². The lowest BCUT2D eigenvalue weighted by atomic mass is 9.96. The van der Waals surface area contributed by atoms with Gasteiger partial charge in [0.25, 0.3) is 5.91 Å². The lowest BCUT2D eigenvalue weighted by molar-refractivity contribution is -0.131. The van der Waals surface area contributed by atoms with Crippen LogP contribution in [0.3, 0.4) is 0 Å². The summed E-state index contributed by atoms with van der Waals surface area (Å²) in [7, 11) is 1.65. The molecule has 1 aromatic rings. The van der Waals surface area contributed by atoms with Gasteiger partial charge in [0.05, 0.1) is 7.11 Å². The van der Waals surface area contributed by atoms with Crippen LogP contribution >= 0.6 is 0 Å². The Balaban J connectivity index is 3.01. The fraction of sp³-hybridized carbons (Fsp3) is 0.429. The molecule has 1 aromatic carbocycles. The molecule has 1 N–H and O–H groups in total. The van der Waals surface area contributed by atoms with Crippen molar-refractivity contribution in [2.75, 3.05) is 7.11 Å². The van der Waals surface area contributed by atoms with Crippen LogP contribution in [0.4, 0.5) is 0 Å². The Morgan fingerprint density at radius 1 is 1.44 bits per heavy atom. The van der Waals surface area contributed by atoms with Crippen molar-refractivity contribution in [1.82, 2.24) is 5.32 Å². The normalized spacial score (nSPS) is 10.3. The number of aldehydes is 1. The van der Waals surface area contributed by atoms with Gasteiger partial charge in [-0.3, -0.25) is 9.59 Å². The summed E-state index contributed by atoms with van der Waals surface area (Å²) < 4.78 is 5.35. The van der Waals surface area contributed by atoms with E-state index in [1.54, 1.807) is 7.11 Å². The van der Waals surface area contributed by atoms with Crippen LogP contribution in [-0.2, 0) is 16.1 Å². The smallest absolute Gasteiger partial charge is 0.284 e. The van der Waals surface area contributed by atoms with Gasteiger partial charge in [-0.25, -0.2) is 0 Å². The van der Waals surface area contributed by atoms with Crippen molar-refractivity contribution in [2.24, 2.45) is 0 Å². The number of hydrogen-bond donors (Lipinski definition) is 1. The fourth-order valence-corrected chi connectivity index (χ4v) is 1.79. The first-order valence-corrected chi connectivity index (χ1v) is 5.90. The van der Waals surface area contributed by atoms with Gasteiger partial charge in [0, 0.05) is 6.54 Å². The number of rotatable bonds is 5. The minimum Gasteiger partial charge on any atom is -0.496 e. The van der Waals surface area contributed by atoms with Crippen LogP contribution in [-0.4, -0.2) is 19.3 Å². The highest BCUT2D eigenvalue weighted by Crippen LogP contribution is 2.29. The van der Waals surface area contributed by atoms with E-state index in [1.807, 2.05) is 19.1 Å². The van der Waals surface area contributed by atoms with E-state index < -0.39 is 5.91 Å². The minimum absolute atomic E-state index is 0.280. The summed E-state index contributed by atoms with van der Waals surface area (Å²) in [5.74, 6) is 0.588. The molecule has 1 rings (SSSR count). The maximum Gasteiger partial charge on any atom is 0.284 e. The molecule has 98 valence electrons. The van der Waals surface area contributed by atoms with Crippen molar-refractivity contribution in [1.29, 1.82) is 0 Å². The van der Waals surface area contributed by atoms with Gasteiger partial charge in [0.2, 0.25) is 6.29 Å². The molecule has 4 nitrogen and oxygen atoms in total. The number of ether oxygens (including phenoxy) is 1. The first kappa shape index (κ1) is 14.2. The molecule has 0 saturated heterocycles. The number of amides is 1. The van der Waals surface area contributed by atoms with E-state index in [1.165, 1.54) is 0 Å². The zero-order valence-corrected chi connectivity index (χ0v) is 11.2. The van der Waals surface area contributed by atoms with Gasteiger partial charge in [-0.2, -0.15) is 0 Å². The summed E-state index contributed by atoms with van der Waals surface area (Å²) in [6, 6.07) is 3.97. The molecule has 18 heavy (non-hydrogen) atoms. The maximum atomic E-state index is 10.9. The number of carbonyl (C=O) groups excluding carboxylic acids is 2. The van der Waals surface area contributed by atoms with Crippen molar-refractivity contribution >= 4 is 12.2 Å². The fourth-order valence-electron chi connectivity index (χ4n) is 1.79. The molecule has 0 unspecified atom stereocenters. The first-order valence-electron chi connectivity index (χ1n) is 5.90. The predicted molar refractivity (Wildman–Crippen MR) is 69.7 cm³/mol. The maximum absolute atomic E-state index is 10.9. The Hall–Kier alpha value is -1.84. The van der Waals surface area contributed by atoms with Gasteiger partial charge in [0.15, 0.2) is 0 Å². The molecule has 0 radical (unpaired) electrons. The highest BCUT2D eigenvalue weighted by molar-refractivity contribution is 6.23. The first-order chi connectivity index (χ1) is 8.49. The lowest BCUT2D eigenvalue weighted by Crippen LogP contribution is -2.24. The molecular weight excluding hydrogens is 230 g/mol. The zero-order chi connectivity index (χ0) is 13.7. The summed E-state index contributed by atoms with van der Waals surface area (Å²) in [4.78, 5) is 21.2. The van der Waals surface area contributed by atoms with E-state index in [0.717, 1.165) is 22.4 Å². The van der Waals surface area contributed by atoms with Crippen LogP contribution in [0.2, 0.25) is 0 Å². The Morgan fingerprint density at radius 2 is 2.11 bits per heavy atom. The van der Waals surface area contributed by atoms with Crippen LogP contribution in [0, 0.1) is 6.92 Å². The van der Waals surface area contributed by atoms with E-state index in [-0.39, 0.29) is 6.29 Å². The van der Waals surface area contributed by atoms with E-state index in [2.05, 4.69) is 19.2 Å². The largest absolute Gasteiger partial charge is 0.496 e. The van der Waals surface area contributed by atoms with E-state index in [4.69, 9.17) is 4.74 Å². The van der Waals surface area contributed by atoms with Crippen molar-refractivity contribution in [3.63, 3.8) is 0 Å². The van der Waals surface area contributed by atoms with E-state index in [0.29, 0.717) is 12.5 Å². The van der Waals surface area contributed by atoms with E-state index >= 15 is 0 Å². The highest BCUT2D eigenvalue weighted by Gasteiger charge is 2.11. The number of benzene rings is 1. The molecule has 0 aliphatic rings. The third kappa shape index (κ3) is 3.32. The number of hydrogen-bond acceptors (Lipinski definition) is 3.